The summed E-state index contributed by atoms with van der Waals surface area (Å²) in [6.07, 6.45) is 0.943. The molecule has 1 aliphatic rings. The van der Waals surface area contributed by atoms with Gasteiger partial charge in [0.2, 0.25) is 5.92 Å². The smallest absolute Gasteiger partial charge is 0.268 e. The largest absolute Gasteiger partial charge is 0.364 e. The molecule has 29 heavy (non-hydrogen) atoms. The molecule has 0 spiro atoms. The number of primary amides is 1. The van der Waals surface area contributed by atoms with Gasteiger partial charge in [0.25, 0.3) is 5.91 Å². The monoisotopic (exact) mass is 417 g/mol. The number of hydrogen-bond acceptors (Lipinski definition) is 3. The molecule has 3 aromatic rings. The minimum atomic E-state index is -2.84. The number of halogens is 3. The Kier molecular flexibility index (Phi) is 4.86. The van der Waals surface area contributed by atoms with E-state index in [0.717, 1.165) is 5.56 Å². The minimum absolute atomic E-state index is 0.0561. The quantitative estimate of drug-likeness (QED) is 0.663. The van der Waals surface area contributed by atoms with E-state index in [9.17, 15) is 18.4 Å². The Labute approximate surface area is 169 Å². The minimum Gasteiger partial charge on any atom is -0.364 e. The molecule has 1 aromatic carbocycles. The van der Waals surface area contributed by atoms with E-state index in [1.54, 1.807) is 12.1 Å². The third kappa shape index (κ3) is 3.62. The summed E-state index contributed by atoms with van der Waals surface area (Å²) in [6.45, 7) is 0. The van der Waals surface area contributed by atoms with Gasteiger partial charge in [0.15, 0.2) is 5.43 Å². The van der Waals surface area contributed by atoms with Gasteiger partial charge in [0.05, 0.1) is 10.9 Å². The number of pyridine rings is 2. The first kappa shape index (κ1) is 19.5. The average Bonchev–Trinajstić information content (AvgIpc) is 2.67. The number of fused-ring (bicyclic) bond motifs is 1. The molecule has 0 saturated heterocycles. The average molecular weight is 418 g/mol. The van der Waals surface area contributed by atoms with Crippen molar-refractivity contribution in [2.24, 2.45) is 5.73 Å². The van der Waals surface area contributed by atoms with Gasteiger partial charge < -0.3 is 10.7 Å². The third-order valence-electron chi connectivity index (χ3n) is 5.53. The standard InChI is InChI=1S/C21H18ClF2N3O2/c22-14-4-2-1-3-12(14)11-5-7-21(23,24)10-13(11)16-9-17(28)18-15(27-16)6-8-26-19(18)20(25)29/h1-4,6,8-9,11,13H,5,7,10H2,(H2,25,29)(H,27,28). The van der Waals surface area contributed by atoms with Crippen molar-refractivity contribution < 1.29 is 13.6 Å². The summed E-state index contributed by atoms with van der Waals surface area (Å²) >= 11 is 6.34. The molecule has 3 N–H and O–H groups in total. The molecule has 1 fully saturated rings. The maximum absolute atomic E-state index is 14.3. The highest BCUT2D eigenvalue weighted by molar-refractivity contribution is 6.31. The summed E-state index contributed by atoms with van der Waals surface area (Å²) in [4.78, 5) is 31.3. The SMILES string of the molecule is NC(=O)c1nccc2[nH]c(C3CC(F)(F)CCC3c3ccccc3Cl)cc(=O)c12. The first-order valence-corrected chi connectivity index (χ1v) is 9.58. The van der Waals surface area contributed by atoms with Crippen molar-refractivity contribution in [1.29, 1.82) is 0 Å². The Bertz CT molecular complexity index is 1160. The van der Waals surface area contributed by atoms with Crippen LogP contribution in [0.15, 0.2) is 47.4 Å². The molecule has 4 rings (SSSR count). The molecule has 8 heteroatoms. The van der Waals surface area contributed by atoms with Crippen LogP contribution in [0.4, 0.5) is 8.78 Å². The molecule has 5 nitrogen and oxygen atoms in total. The summed E-state index contributed by atoms with van der Waals surface area (Å²) in [5.41, 5.74) is 6.18. The highest BCUT2D eigenvalue weighted by atomic mass is 35.5. The van der Waals surface area contributed by atoms with Crippen molar-refractivity contribution >= 4 is 28.4 Å². The summed E-state index contributed by atoms with van der Waals surface area (Å²) in [5, 5.41) is 0.566. The van der Waals surface area contributed by atoms with E-state index < -0.39 is 29.6 Å². The Morgan fingerprint density at radius 1 is 1.24 bits per heavy atom. The Morgan fingerprint density at radius 3 is 2.72 bits per heavy atom. The number of rotatable bonds is 3. The lowest BCUT2D eigenvalue weighted by atomic mass is 9.72. The van der Waals surface area contributed by atoms with E-state index in [2.05, 4.69) is 9.97 Å². The van der Waals surface area contributed by atoms with E-state index in [1.807, 2.05) is 12.1 Å². The van der Waals surface area contributed by atoms with E-state index in [4.69, 9.17) is 17.3 Å². The van der Waals surface area contributed by atoms with Crippen molar-refractivity contribution in [2.75, 3.05) is 0 Å². The van der Waals surface area contributed by atoms with Crippen molar-refractivity contribution in [3.63, 3.8) is 0 Å². The summed E-state index contributed by atoms with van der Waals surface area (Å²) in [5.74, 6) is -4.58. The van der Waals surface area contributed by atoms with Crippen molar-refractivity contribution in [1.82, 2.24) is 9.97 Å². The number of alkyl halides is 2. The molecule has 0 bridgehead atoms. The number of H-pyrrole nitrogens is 1. The first-order chi connectivity index (χ1) is 13.8. The van der Waals surface area contributed by atoms with Gasteiger partial charge in [0, 0.05) is 41.7 Å². The van der Waals surface area contributed by atoms with E-state index in [1.165, 1.54) is 18.3 Å². The van der Waals surface area contributed by atoms with Gasteiger partial charge in [-0.05, 0) is 30.0 Å². The van der Waals surface area contributed by atoms with Crippen molar-refractivity contribution in [2.45, 2.75) is 37.0 Å². The lowest BCUT2D eigenvalue weighted by Gasteiger charge is -2.36. The highest BCUT2D eigenvalue weighted by Gasteiger charge is 2.43. The number of nitrogens with two attached hydrogens (primary N) is 1. The molecule has 1 saturated carbocycles. The number of nitrogens with one attached hydrogen (secondary N) is 1. The molecule has 2 aromatic heterocycles. The zero-order chi connectivity index (χ0) is 20.8. The molecule has 1 amide bonds. The lowest BCUT2D eigenvalue weighted by molar-refractivity contribution is -0.0464. The molecule has 2 atom stereocenters. The molecular formula is C21H18ClF2N3O2. The molecular weight excluding hydrogens is 400 g/mol. The second-order valence-electron chi connectivity index (χ2n) is 7.37. The first-order valence-electron chi connectivity index (χ1n) is 9.21. The van der Waals surface area contributed by atoms with Gasteiger partial charge in [0.1, 0.15) is 5.69 Å². The Balaban J connectivity index is 1.87. The molecule has 2 heterocycles. The number of aromatic amines is 1. The molecule has 2 unspecified atom stereocenters. The van der Waals surface area contributed by atoms with Crippen LogP contribution in [0.5, 0.6) is 0 Å². The number of hydrogen-bond donors (Lipinski definition) is 2. The van der Waals surface area contributed by atoms with Gasteiger partial charge in [-0.2, -0.15) is 0 Å². The van der Waals surface area contributed by atoms with Crippen LogP contribution in [0.2, 0.25) is 5.02 Å². The van der Waals surface area contributed by atoms with Crippen molar-refractivity contribution in [3.8, 4) is 0 Å². The van der Waals surface area contributed by atoms with Crippen LogP contribution in [-0.4, -0.2) is 21.8 Å². The Hall–Kier alpha value is -2.80. The summed E-state index contributed by atoms with van der Waals surface area (Å²) in [7, 11) is 0. The second-order valence-corrected chi connectivity index (χ2v) is 7.78. The van der Waals surface area contributed by atoms with Gasteiger partial charge in [-0.15, -0.1) is 0 Å². The number of carbonyl (C=O) groups is 1. The number of carbonyl (C=O) groups excluding carboxylic acids is 1. The van der Waals surface area contributed by atoms with Crippen LogP contribution < -0.4 is 11.2 Å². The van der Waals surface area contributed by atoms with Crippen LogP contribution in [0, 0.1) is 0 Å². The summed E-state index contributed by atoms with van der Waals surface area (Å²) < 4.78 is 28.6. The zero-order valence-corrected chi connectivity index (χ0v) is 16.0. The van der Waals surface area contributed by atoms with Crippen LogP contribution >= 0.6 is 11.6 Å². The van der Waals surface area contributed by atoms with Gasteiger partial charge >= 0.3 is 0 Å². The van der Waals surface area contributed by atoms with Crippen LogP contribution in [0.25, 0.3) is 10.9 Å². The maximum atomic E-state index is 14.3. The van der Waals surface area contributed by atoms with Crippen LogP contribution in [0.3, 0.4) is 0 Å². The lowest BCUT2D eigenvalue weighted by Crippen LogP contribution is -2.31. The number of aromatic nitrogens is 2. The van der Waals surface area contributed by atoms with Crippen molar-refractivity contribution in [3.05, 3.63) is 74.8 Å². The number of amides is 1. The maximum Gasteiger partial charge on any atom is 0.268 e. The predicted octanol–water partition coefficient (Wildman–Crippen LogP) is 4.36. The zero-order valence-electron chi connectivity index (χ0n) is 15.3. The van der Waals surface area contributed by atoms with E-state index >= 15 is 0 Å². The third-order valence-corrected chi connectivity index (χ3v) is 5.87. The topological polar surface area (TPSA) is 88.8 Å². The van der Waals surface area contributed by atoms with Crippen LogP contribution in [-0.2, 0) is 0 Å². The molecule has 1 aliphatic carbocycles. The Morgan fingerprint density at radius 2 is 2.00 bits per heavy atom. The van der Waals surface area contributed by atoms with E-state index in [0.29, 0.717) is 16.2 Å². The summed E-state index contributed by atoms with van der Waals surface area (Å²) in [6, 6.07) is 9.96. The van der Waals surface area contributed by atoms with Gasteiger partial charge in [-0.3, -0.25) is 14.6 Å². The number of benzene rings is 1. The molecule has 0 radical (unpaired) electrons. The fourth-order valence-corrected chi connectivity index (χ4v) is 4.49. The highest BCUT2D eigenvalue weighted by Crippen LogP contribution is 2.50. The van der Waals surface area contributed by atoms with E-state index in [-0.39, 0.29) is 29.8 Å². The van der Waals surface area contributed by atoms with Gasteiger partial charge in [-0.25, -0.2) is 8.78 Å². The predicted molar refractivity (Wildman–Crippen MR) is 107 cm³/mol. The number of nitrogens with zero attached hydrogens (tertiary/aromatic N) is 1. The molecule has 0 aliphatic heterocycles. The fourth-order valence-electron chi connectivity index (χ4n) is 4.22. The fraction of sp³-hybridized carbons (Fsp3) is 0.286. The normalized spacial score (nSPS) is 21.2. The second kappa shape index (κ2) is 7.22. The van der Waals surface area contributed by atoms with Gasteiger partial charge in [-0.1, -0.05) is 29.8 Å². The molecule has 150 valence electrons. The van der Waals surface area contributed by atoms with Crippen LogP contribution in [0.1, 0.15) is 52.8 Å².